The van der Waals surface area contributed by atoms with Crippen LogP contribution >= 0.6 is 0 Å². The summed E-state index contributed by atoms with van der Waals surface area (Å²) in [5.74, 6) is 0. The molecule has 2 aliphatic heterocycles. The molecule has 10 aliphatic rings. The Morgan fingerprint density at radius 3 is 0.581 bits per heavy atom. The van der Waals surface area contributed by atoms with Gasteiger partial charge in [-0.1, -0.05) is 0 Å². The number of likely N-dealkylation sites (N-methyl/N-ethyl adjacent to an activating group) is 2. The van der Waals surface area contributed by atoms with E-state index in [2.05, 4.69) is 14.1 Å². The molecule has 2 fully saturated rings. The molecule has 4 N–H and O–H groups in total. The molecule has 86 heavy (non-hydrogen) atoms. The molecule has 0 radical (unpaired) electrons. The Bertz CT molecular complexity index is 7230. The normalized spacial score (nSPS) is 28.6. The first-order valence-electron chi connectivity index (χ1n) is 32.8. The van der Waals surface area contributed by atoms with Gasteiger partial charge >= 0.3 is 0 Å². The van der Waals surface area contributed by atoms with Crippen LogP contribution in [0.15, 0.2) is 0 Å². The van der Waals surface area contributed by atoms with E-state index < -0.39 is 0 Å². The van der Waals surface area contributed by atoms with E-state index in [1.54, 1.807) is 303 Å². The van der Waals surface area contributed by atoms with Crippen LogP contribution in [0.5, 0.6) is 0 Å². The van der Waals surface area contributed by atoms with Gasteiger partial charge in [-0.3, -0.25) is 0 Å². The van der Waals surface area contributed by atoms with Crippen molar-refractivity contribution in [3.05, 3.63) is 44.5 Å². The van der Waals surface area contributed by atoms with E-state index in [1.165, 1.54) is 0 Å². The van der Waals surface area contributed by atoms with Crippen LogP contribution in [0.3, 0.4) is 0 Å². The summed E-state index contributed by atoms with van der Waals surface area (Å²) in [6.45, 7) is 12.5. The third-order valence-electron chi connectivity index (χ3n) is 30.2. The lowest BCUT2D eigenvalue weighted by atomic mass is 9.50. The van der Waals surface area contributed by atoms with Crippen molar-refractivity contribution >= 4 is 259 Å². The standard InChI is InChI=1S/C78H42N4O4/c1-81(5-9-85-13-11-83-7-3-79)15-75-69-56-39-25-19-21-22-20-24-28-30-34-42-32(24)40(26(20)25)57(56)70(75)59(42)61-44(34)46-51-63-62-50-45-43-33-29-27(23(19)31(39)41(33)58(69)60(43)71-64(50)65(51)72(61)76(71,75)16-81)37-35(21)47-36(22)38(28)55-49(30)53(46)68(63)78-18-82(2,6-10-86-14-12-84-8-4-80)17-77(78)67(62)52(45)48(29)54(37)73(77)66(47)74(55)78/h3-18,79-80H2,1-2H3/q+2. The van der Waals surface area contributed by atoms with Gasteiger partial charge < -0.3 is 39.4 Å². The van der Waals surface area contributed by atoms with Crippen LogP contribution in [0.2, 0.25) is 0 Å². The molecule has 24 aromatic carbocycles. The van der Waals surface area contributed by atoms with Crippen molar-refractivity contribution in [2.24, 2.45) is 11.5 Å². The van der Waals surface area contributed by atoms with Gasteiger partial charge in [-0.2, -0.15) is 0 Å². The van der Waals surface area contributed by atoms with Crippen molar-refractivity contribution in [2.45, 2.75) is 21.7 Å². The van der Waals surface area contributed by atoms with Crippen LogP contribution in [0, 0.1) is 0 Å². The Balaban J connectivity index is 0.901. The van der Waals surface area contributed by atoms with Crippen LogP contribution < -0.4 is 11.5 Å². The second-order valence-electron chi connectivity index (χ2n) is 32.0. The lowest BCUT2D eigenvalue weighted by molar-refractivity contribution is -0.901. The average molecular weight is 1100 g/mol. The first-order chi connectivity index (χ1) is 42.4. The van der Waals surface area contributed by atoms with Crippen LogP contribution in [0.25, 0.3) is 259 Å². The molecule has 8 nitrogen and oxygen atoms in total. The summed E-state index contributed by atoms with van der Waals surface area (Å²) in [5.41, 5.74) is 25.1. The van der Waals surface area contributed by atoms with Gasteiger partial charge in [0.25, 0.3) is 0 Å². The van der Waals surface area contributed by atoms with E-state index in [1.807, 2.05) is 0 Å². The minimum absolute atomic E-state index is 0.236. The third kappa shape index (κ3) is 2.43. The minimum Gasteiger partial charge on any atom is -0.378 e. The Labute approximate surface area is 480 Å². The number of benzene rings is 15. The van der Waals surface area contributed by atoms with Crippen LogP contribution in [-0.2, 0) is 40.6 Å². The van der Waals surface area contributed by atoms with Gasteiger partial charge in [0.2, 0.25) is 0 Å². The number of ether oxygens (including phenoxy) is 4. The Hall–Kier alpha value is -7.60. The van der Waals surface area contributed by atoms with Gasteiger partial charge in [0.05, 0.1) is 115 Å². The van der Waals surface area contributed by atoms with Gasteiger partial charge in [-0.15, -0.1) is 0 Å². The molecule has 3 unspecified atom stereocenters. The van der Waals surface area contributed by atoms with Crippen molar-refractivity contribution in [1.29, 1.82) is 0 Å². The van der Waals surface area contributed by atoms with Crippen LogP contribution in [-0.4, -0.2) is 128 Å². The van der Waals surface area contributed by atoms with Crippen LogP contribution in [0.1, 0.15) is 44.5 Å². The quantitative estimate of drug-likeness (QED) is 0.0569. The van der Waals surface area contributed by atoms with Gasteiger partial charge in [0, 0.05) is 13.1 Å². The highest BCUT2D eigenvalue weighted by Crippen LogP contribution is 2.88. The maximum absolute atomic E-state index is 6.72. The molecule has 396 valence electrons. The highest BCUT2D eigenvalue weighted by molar-refractivity contribution is 6.78. The lowest BCUT2D eigenvalue weighted by Crippen LogP contribution is -2.51. The molecule has 34 rings (SSSR count). The van der Waals surface area contributed by atoms with Crippen LogP contribution in [0.4, 0.5) is 0 Å². The van der Waals surface area contributed by atoms with Gasteiger partial charge in [0.15, 0.2) is 0 Å². The van der Waals surface area contributed by atoms with E-state index in [0.717, 1.165) is 61.4 Å². The van der Waals surface area contributed by atoms with Crippen molar-refractivity contribution in [3.63, 3.8) is 0 Å². The first kappa shape index (κ1) is 38.5. The van der Waals surface area contributed by atoms with Crippen molar-refractivity contribution in [2.75, 3.05) is 119 Å². The molecule has 3 atom stereocenters. The van der Waals surface area contributed by atoms with E-state index in [9.17, 15) is 0 Å². The number of quaternary nitrogens is 2. The summed E-state index contributed by atoms with van der Waals surface area (Å²) >= 11 is 0. The molecule has 8 aliphatic carbocycles. The highest BCUT2D eigenvalue weighted by atomic mass is 16.5. The molecule has 0 bridgehead atoms. The second-order valence-corrected chi connectivity index (χ2v) is 32.0. The number of hydrogen-bond donors (Lipinski definition) is 2. The summed E-state index contributed by atoms with van der Waals surface area (Å²) in [6.07, 6.45) is 0. The monoisotopic (exact) mass is 1100 g/mol. The summed E-state index contributed by atoms with van der Waals surface area (Å²) in [4.78, 5) is 0. The fraction of sp³-hybridized carbons (Fsp3) is 0.282. The van der Waals surface area contributed by atoms with E-state index >= 15 is 0 Å². The maximum Gasteiger partial charge on any atom is 0.102 e. The van der Waals surface area contributed by atoms with Gasteiger partial charge in [-0.05, 0) is 303 Å². The molecule has 0 saturated carbocycles. The fourth-order valence-electron chi connectivity index (χ4n) is 29.9. The van der Waals surface area contributed by atoms with E-state index in [4.69, 9.17) is 30.4 Å². The summed E-state index contributed by atoms with van der Waals surface area (Å²) in [6, 6.07) is 0. The van der Waals surface area contributed by atoms with E-state index in [-0.39, 0.29) is 21.7 Å². The largest absolute Gasteiger partial charge is 0.378 e. The summed E-state index contributed by atoms with van der Waals surface area (Å²) < 4.78 is 27.3. The maximum atomic E-state index is 6.72. The number of likely N-dealkylation sites (tertiary alicyclic amines) is 2. The minimum atomic E-state index is -0.243. The molecule has 0 amide bonds. The summed E-state index contributed by atoms with van der Waals surface area (Å²) in [7, 11) is 5.39. The first-order valence-corrected chi connectivity index (χ1v) is 32.8. The molecule has 0 aromatic heterocycles. The molecule has 8 heteroatoms. The van der Waals surface area contributed by atoms with E-state index in [0.29, 0.717) is 52.7 Å². The third-order valence-corrected chi connectivity index (χ3v) is 30.2. The average Bonchev–Trinajstić information content (AvgIpc) is 1.38. The smallest absolute Gasteiger partial charge is 0.102 e. The topological polar surface area (TPSA) is 89.0 Å². The van der Waals surface area contributed by atoms with Gasteiger partial charge in [0.1, 0.15) is 13.1 Å². The fourth-order valence-corrected chi connectivity index (χ4v) is 29.9. The second kappa shape index (κ2) is 9.65. The Morgan fingerprint density at radius 1 is 0.221 bits per heavy atom. The number of hydrogen-bond acceptors (Lipinski definition) is 6. The zero-order chi connectivity index (χ0) is 53.5. The lowest BCUT2D eigenvalue weighted by Gasteiger charge is -2.47. The Morgan fingerprint density at radius 2 is 0.372 bits per heavy atom. The zero-order valence-electron chi connectivity index (χ0n) is 47.0. The van der Waals surface area contributed by atoms with Gasteiger partial charge in [-0.25, -0.2) is 0 Å². The number of nitrogens with zero attached hydrogens (tertiary/aromatic N) is 2. The number of nitrogens with two attached hydrogens (primary N) is 2. The highest BCUT2D eigenvalue weighted by Gasteiger charge is 2.80. The molecule has 2 heterocycles. The molecule has 24 aromatic rings. The SMILES string of the molecule is C[N+]1(CCOCCOCCN)CC23c4c5c6c7c8c9c%10c(c%11c2c2c%12c4c4c5c5c%13c%14c%15c%16c%17c%18c%19c%20c%21c(c5c6c8c%21c5c%20c6c%18c8c%18c%17c%17c%15c(c%144)c%12c4c2c2c%11c%11c%10c(c95)c6c8c%11c2c%18c%174)C%132C[N+](C)(CCOCCOCCN)CC%16%192)C73C1. The summed E-state index contributed by atoms with van der Waals surface area (Å²) in [5, 5.41) is 81.0. The zero-order valence-corrected chi connectivity index (χ0v) is 47.0. The molecule has 4 spiro atoms. The number of rotatable bonds is 16. The molecule has 2 saturated heterocycles. The Kier molecular flexibility index (Phi) is 4.32. The molecular weight excluding hydrogens is 1060 g/mol. The van der Waals surface area contributed by atoms with Crippen molar-refractivity contribution in [3.8, 4) is 0 Å². The molecular formula is C78H42N4O4+2. The van der Waals surface area contributed by atoms with Crippen molar-refractivity contribution in [1.82, 2.24) is 0 Å². The van der Waals surface area contributed by atoms with Crippen molar-refractivity contribution < 1.29 is 27.9 Å². The predicted octanol–water partition coefficient (Wildman–Crippen LogP) is 13.8. The predicted molar refractivity (Wildman–Crippen MR) is 350 cm³/mol.